The molecule has 0 unspecified atom stereocenters. The molecule has 1 aromatic rings. The monoisotopic (exact) mass is 303 g/mol. The first kappa shape index (κ1) is 18.0. The van der Waals surface area contributed by atoms with Crippen molar-refractivity contribution in [3.8, 4) is 11.5 Å². The summed E-state index contributed by atoms with van der Waals surface area (Å²) in [6.45, 7) is 11.3. The van der Waals surface area contributed by atoms with Crippen LogP contribution in [-0.2, 0) is 0 Å². The van der Waals surface area contributed by atoms with Crippen molar-refractivity contribution in [2.75, 3.05) is 6.61 Å². The first-order valence-electron chi connectivity index (χ1n) is 7.75. The lowest BCUT2D eigenvalue weighted by Gasteiger charge is -2.26. The number of nitrogens with one attached hydrogen (secondary N) is 1. The predicted molar refractivity (Wildman–Crippen MR) is 93.8 cm³/mol. The summed E-state index contributed by atoms with van der Waals surface area (Å²) in [4.78, 5) is 0. The number of hydrogen-bond donors (Lipinski definition) is 2. The van der Waals surface area contributed by atoms with E-state index >= 15 is 0 Å². The smallest absolute Gasteiger partial charge is 0.129 e. The highest BCUT2D eigenvalue weighted by atomic mass is 28.3. The fourth-order valence-corrected chi connectivity index (χ4v) is 2.74. The van der Waals surface area contributed by atoms with Gasteiger partial charge in [0.25, 0.3) is 0 Å². The Labute approximate surface area is 131 Å². The average Bonchev–Trinajstić information content (AvgIpc) is 2.42. The van der Waals surface area contributed by atoms with Crippen LogP contribution in [-0.4, -0.2) is 25.8 Å². The van der Waals surface area contributed by atoms with E-state index in [2.05, 4.69) is 62.4 Å². The Kier molecular flexibility index (Phi) is 7.17. The van der Waals surface area contributed by atoms with Gasteiger partial charge in [-0.15, -0.1) is 11.5 Å². The van der Waals surface area contributed by atoms with E-state index in [1.807, 2.05) is 18.2 Å². The summed E-state index contributed by atoms with van der Waals surface area (Å²) in [5, 5.41) is 13.2. The molecular formula is C18H29NOSi. The Morgan fingerprint density at radius 3 is 2.24 bits per heavy atom. The Bertz CT molecular complexity index is 467. The number of rotatable bonds is 6. The zero-order valence-electron chi connectivity index (χ0n) is 14.0. The molecule has 0 aliphatic rings. The van der Waals surface area contributed by atoms with E-state index in [0.29, 0.717) is 12.0 Å². The number of aliphatic hydroxyl groups excluding tert-OH is 1. The molecule has 3 heteroatoms. The maximum absolute atomic E-state index is 9.67. The van der Waals surface area contributed by atoms with Gasteiger partial charge in [-0.2, -0.15) is 0 Å². The molecule has 0 heterocycles. The van der Waals surface area contributed by atoms with Gasteiger partial charge >= 0.3 is 0 Å². The Morgan fingerprint density at radius 1 is 1.14 bits per heavy atom. The summed E-state index contributed by atoms with van der Waals surface area (Å²) in [7, 11) is -1.31. The first-order valence-corrected chi connectivity index (χ1v) is 11.3. The molecule has 2 atom stereocenters. The maximum Gasteiger partial charge on any atom is 0.129 e. The van der Waals surface area contributed by atoms with Crippen LogP contribution in [0.15, 0.2) is 30.3 Å². The van der Waals surface area contributed by atoms with E-state index in [0.717, 1.165) is 12.0 Å². The van der Waals surface area contributed by atoms with Gasteiger partial charge in [-0.05, 0) is 11.5 Å². The van der Waals surface area contributed by atoms with Gasteiger partial charge in [-0.1, -0.05) is 63.8 Å². The molecule has 0 saturated heterocycles. The van der Waals surface area contributed by atoms with Crippen LogP contribution >= 0.6 is 0 Å². The molecular weight excluding hydrogens is 274 g/mol. The van der Waals surface area contributed by atoms with Crippen molar-refractivity contribution in [3.05, 3.63) is 35.9 Å². The van der Waals surface area contributed by atoms with Crippen molar-refractivity contribution in [3.63, 3.8) is 0 Å². The summed E-state index contributed by atoms with van der Waals surface area (Å²) >= 11 is 0. The van der Waals surface area contributed by atoms with E-state index in [4.69, 9.17) is 0 Å². The molecule has 0 aliphatic heterocycles. The average molecular weight is 304 g/mol. The van der Waals surface area contributed by atoms with E-state index in [1.54, 1.807) is 0 Å². The Balaban J connectivity index is 2.74. The van der Waals surface area contributed by atoms with Crippen LogP contribution in [0.4, 0.5) is 0 Å². The lowest BCUT2D eigenvalue weighted by Crippen LogP contribution is -2.38. The maximum atomic E-state index is 9.67. The van der Waals surface area contributed by atoms with Gasteiger partial charge in [-0.3, -0.25) is 0 Å². The van der Waals surface area contributed by atoms with Gasteiger partial charge in [0.15, 0.2) is 0 Å². The van der Waals surface area contributed by atoms with Crippen molar-refractivity contribution in [2.45, 2.75) is 52.0 Å². The van der Waals surface area contributed by atoms with Gasteiger partial charge in [-0.25, -0.2) is 0 Å². The molecule has 2 nitrogen and oxygen atoms in total. The minimum Gasteiger partial charge on any atom is -0.394 e. The minimum absolute atomic E-state index is 0.0210. The molecule has 116 valence electrons. The highest BCUT2D eigenvalue weighted by Gasteiger charge is 2.18. The zero-order chi connectivity index (χ0) is 15.9. The second-order valence-electron chi connectivity index (χ2n) is 6.92. The van der Waals surface area contributed by atoms with Gasteiger partial charge in [0.1, 0.15) is 8.07 Å². The highest BCUT2D eigenvalue weighted by molar-refractivity contribution is 6.83. The summed E-state index contributed by atoms with van der Waals surface area (Å²) in [6, 6.07) is 10.4. The Hall–Kier alpha value is -1.08. The third kappa shape index (κ3) is 6.95. The van der Waals surface area contributed by atoms with Gasteiger partial charge in [0.2, 0.25) is 0 Å². The molecule has 0 spiro atoms. The quantitative estimate of drug-likeness (QED) is 0.621. The molecule has 0 saturated carbocycles. The van der Waals surface area contributed by atoms with Crippen molar-refractivity contribution < 1.29 is 5.11 Å². The molecule has 0 bridgehead atoms. The van der Waals surface area contributed by atoms with Crippen LogP contribution < -0.4 is 5.32 Å². The SMILES string of the molecule is CC(C)[C@@H](CC#C[Si](C)(C)C)N[C@@H](CO)c1ccccc1. The fraction of sp³-hybridized carbons (Fsp3) is 0.556. The predicted octanol–water partition coefficient (Wildman–Crippen LogP) is 3.61. The van der Waals surface area contributed by atoms with E-state index in [1.165, 1.54) is 0 Å². The number of aliphatic hydroxyl groups is 1. The van der Waals surface area contributed by atoms with Crippen LogP contribution in [0.5, 0.6) is 0 Å². The molecule has 0 aliphatic carbocycles. The summed E-state index contributed by atoms with van der Waals surface area (Å²) in [5.41, 5.74) is 4.55. The summed E-state index contributed by atoms with van der Waals surface area (Å²) < 4.78 is 0. The van der Waals surface area contributed by atoms with Crippen LogP contribution in [0.1, 0.15) is 31.9 Å². The van der Waals surface area contributed by atoms with Crippen molar-refractivity contribution in [1.29, 1.82) is 0 Å². The largest absolute Gasteiger partial charge is 0.394 e. The van der Waals surface area contributed by atoms with Crippen LogP contribution in [0.3, 0.4) is 0 Å². The van der Waals surface area contributed by atoms with E-state index in [-0.39, 0.29) is 12.6 Å². The van der Waals surface area contributed by atoms with Gasteiger partial charge < -0.3 is 10.4 Å². The molecule has 0 amide bonds. The number of benzene rings is 1. The molecule has 0 aromatic heterocycles. The van der Waals surface area contributed by atoms with Crippen LogP contribution in [0.2, 0.25) is 19.6 Å². The van der Waals surface area contributed by atoms with Crippen molar-refractivity contribution >= 4 is 8.07 Å². The zero-order valence-corrected chi connectivity index (χ0v) is 15.0. The normalized spacial score (nSPS) is 14.4. The van der Waals surface area contributed by atoms with Gasteiger partial charge in [0.05, 0.1) is 12.6 Å². The second-order valence-corrected chi connectivity index (χ2v) is 11.7. The molecule has 0 fully saturated rings. The third-order valence-corrected chi connectivity index (χ3v) is 4.32. The topological polar surface area (TPSA) is 32.3 Å². The third-order valence-electron chi connectivity index (χ3n) is 3.39. The second kappa shape index (κ2) is 8.38. The lowest BCUT2D eigenvalue weighted by molar-refractivity contribution is 0.222. The summed E-state index contributed by atoms with van der Waals surface area (Å²) in [6.07, 6.45) is 0.839. The number of hydrogen-bond acceptors (Lipinski definition) is 2. The molecule has 1 rings (SSSR count). The van der Waals surface area contributed by atoms with Crippen molar-refractivity contribution in [1.82, 2.24) is 5.32 Å². The lowest BCUT2D eigenvalue weighted by atomic mass is 9.98. The van der Waals surface area contributed by atoms with E-state index in [9.17, 15) is 5.11 Å². The molecule has 2 N–H and O–H groups in total. The van der Waals surface area contributed by atoms with Crippen molar-refractivity contribution in [2.24, 2.45) is 5.92 Å². The minimum atomic E-state index is -1.31. The standard InChI is InChI=1S/C18H29NOSi/c1-15(2)17(12-9-13-21(3,4)5)19-18(14-20)16-10-7-6-8-11-16/h6-8,10-11,15,17-20H,12,14H2,1-5H3/t17-,18+/m1/s1. The molecule has 21 heavy (non-hydrogen) atoms. The summed E-state index contributed by atoms with van der Waals surface area (Å²) in [5.74, 6) is 3.84. The fourth-order valence-electron chi connectivity index (χ4n) is 2.11. The van der Waals surface area contributed by atoms with Crippen LogP contribution in [0, 0.1) is 17.4 Å². The van der Waals surface area contributed by atoms with E-state index < -0.39 is 8.07 Å². The highest BCUT2D eigenvalue weighted by Crippen LogP contribution is 2.16. The van der Waals surface area contributed by atoms with Crippen LogP contribution in [0.25, 0.3) is 0 Å². The Morgan fingerprint density at radius 2 is 1.76 bits per heavy atom. The van der Waals surface area contributed by atoms with Gasteiger partial charge in [0, 0.05) is 12.5 Å². The first-order chi connectivity index (χ1) is 9.83. The molecule has 1 aromatic carbocycles. The molecule has 0 radical (unpaired) electrons.